The van der Waals surface area contributed by atoms with E-state index in [9.17, 15) is 9.90 Å². The molecule has 0 aromatic carbocycles. The minimum Gasteiger partial charge on any atom is -0.466 e. The summed E-state index contributed by atoms with van der Waals surface area (Å²) in [6.07, 6.45) is 0.969. The standard InChI is InChI=1S/C11H21NO4/c1-3-16-10(13)6-9(2)12-7-11(14)4-5-15-8-11/h9,12,14H,3-8H2,1-2H3. The lowest BCUT2D eigenvalue weighted by atomic mass is 10.0. The summed E-state index contributed by atoms with van der Waals surface area (Å²) >= 11 is 0. The molecule has 1 aliphatic rings. The quantitative estimate of drug-likeness (QED) is 0.633. The van der Waals surface area contributed by atoms with Crippen molar-refractivity contribution in [1.82, 2.24) is 5.32 Å². The number of hydrogen-bond acceptors (Lipinski definition) is 5. The van der Waals surface area contributed by atoms with Crippen LogP contribution >= 0.6 is 0 Å². The largest absolute Gasteiger partial charge is 0.466 e. The van der Waals surface area contributed by atoms with Crippen molar-refractivity contribution < 1.29 is 19.4 Å². The van der Waals surface area contributed by atoms with Crippen LogP contribution in [-0.2, 0) is 14.3 Å². The van der Waals surface area contributed by atoms with E-state index in [-0.39, 0.29) is 12.0 Å². The number of rotatable bonds is 6. The molecule has 0 amide bonds. The Kier molecular flexibility index (Phi) is 5.18. The van der Waals surface area contributed by atoms with Crippen molar-refractivity contribution in [2.75, 3.05) is 26.4 Å². The van der Waals surface area contributed by atoms with Crippen molar-refractivity contribution in [3.8, 4) is 0 Å². The molecule has 0 bridgehead atoms. The van der Waals surface area contributed by atoms with Crippen molar-refractivity contribution in [2.45, 2.75) is 38.3 Å². The molecule has 0 saturated carbocycles. The van der Waals surface area contributed by atoms with Gasteiger partial charge in [0.25, 0.3) is 0 Å². The van der Waals surface area contributed by atoms with Gasteiger partial charge in [-0.05, 0) is 13.8 Å². The lowest BCUT2D eigenvalue weighted by molar-refractivity contribution is -0.143. The SMILES string of the molecule is CCOC(=O)CC(C)NCC1(O)CCOC1. The van der Waals surface area contributed by atoms with Crippen LogP contribution in [0.15, 0.2) is 0 Å². The van der Waals surface area contributed by atoms with E-state index >= 15 is 0 Å². The summed E-state index contributed by atoms with van der Waals surface area (Å²) < 4.78 is 9.97. The Morgan fingerprint density at radius 2 is 2.44 bits per heavy atom. The van der Waals surface area contributed by atoms with Crippen molar-refractivity contribution in [3.63, 3.8) is 0 Å². The number of carbonyl (C=O) groups excluding carboxylic acids is 1. The molecule has 0 aliphatic carbocycles. The van der Waals surface area contributed by atoms with Crippen LogP contribution in [0.4, 0.5) is 0 Å². The van der Waals surface area contributed by atoms with Gasteiger partial charge in [0.05, 0.1) is 19.6 Å². The van der Waals surface area contributed by atoms with E-state index in [1.807, 2.05) is 6.92 Å². The number of nitrogens with one attached hydrogen (secondary N) is 1. The van der Waals surface area contributed by atoms with Gasteiger partial charge in [-0.1, -0.05) is 0 Å². The summed E-state index contributed by atoms with van der Waals surface area (Å²) in [5.74, 6) is -0.211. The molecule has 2 atom stereocenters. The summed E-state index contributed by atoms with van der Waals surface area (Å²) in [5, 5.41) is 13.1. The molecule has 5 heteroatoms. The lowest BCUT2D eigenvalue weighted by Crippen LogP contribution is -2.44. The molecular weight excluding hydrogens is 210 g/mol. The fourth-order valence-corrected chi connectivity index (χ4v) is 1.64. The summed E-state index contributed by atoms with van der Waals surface area (Å²) in [6.45, 7) is 5.51. The van der Waals surface area contributed by atoms with Crippen LogP contribution in [0.1, 0.15) is 26.7 Å². The van der Waals surface area contributed by atoms with Crippen LogP contribution < -0.4 is 5.32 Å². The topological polar surface area (TPSA) is 67.8 Å². The molecular formula is C11H21NO4. The van der Waals surface area contributed by atoms with Crippen molar-refractivity contribution in [2.24, 2.45) is 0 Å². The molecule has 0 aromatic rings. The molecule has 0 spiro atoms. The highest BCUT2D eigenvalue weighted by Gasteiger charge is 2.32. The molecule has 2 N–H and O–H groups in total. The van der Waals surface area contributed by atoms with E-state index in [1.54, 1.807) is 6.92 Å². The molecule has 1 rings (SSSR count). The van der Waals surface area contributed by atoms with Crippen LogP contribution in [0.3, 0.4) is 0 Å². The Hall–Kier alpha value is -0.650. The fourth-order valence-electron chi connectivity index (χ4n) is 1.64. The first kappa shape index (κ1) is 13.4. The highest BCUT2D eigenvalue weighted by Crippen LogP contribution is 2.17. The predicted molar refractivity (Wildman–Crippen MR) is 59.1 cm³/mol. The summed E-state index contributed by atoms with van der Waals surface area (Å²) in [7, 11) is 0. The Labute approximate surface area is 96.1 Å². The van der Waals surface area contributed by atoms with Crippen LogP contribution in [-0.4, -0.2) is 49.1 Å². The van der Waals surface area contributed by atoms with Gasteiger partial charge in [0.1, 0.15) is 5.60 Å². The van der Waals surface area contributed by atoms with Crippen LogP contribution in [0, 0.1) is 0 Å². The number of esters is 1. The van der Waals surface area contributed by atoms with Crippen LogP contribution in [0.25, 0.3) is 0 Å². The predicted octanol–water partition coefficient (Wildman–Crippen LogP) is 0.0691. The van der Waals surface area contributed by atoms with Crippen molar-refractivity contribution >= 4 is 5.97 Å². The van der Waals surface area contributed by atoms with Gasteiger partial charge >= 0.3 is 5.97 Å². The van der Waals surface area contributed by atoms with Gasteiger partial charge in [-0.3, -0.25) is 4.79 Å². The second-order valence-electron chi connectivity index (χ2n) is 4.32. The van der Waals surface area contributed by atoms with Gasteiger partial charge in [0.15, 0.2) is 0 Å². The number of aliphatic hydroxyl groups is 1. The Bertz CT molecular complexity index is 226. The number of hydrogen-bond donors (Lipinski definition) is 2. The van der Waals surface area contributed by atoms with Crippen LogP contribution in [0.5, 0.6) is 0 Å². The highest BCUT2D eigenvalue weighted by atomic mass is 16.5. The monoisotopic (exact) mass is 231 g/mol. The van der Waals surface area contributed by atoms with E-state index in [2.05, 4.69) is 5.32 Å². The second-order valence-corrected chi connectivity index (χ2v) is 4.32. The first-order valence-electron chi connectivity index (χ1n) is 5.75. The van der Waals surface area contributed by atoms with E-state index in [1.165, 1.54) is 0 Å². The van der Waals surface area contributed by atoms with Gasteiger partial charge in [-0.2, -0.15) is 0 Å². The van der Waals surface area contributed by atoms with Gasteiger partial charge in [0.2, 0.25) is 0 Å². The zero-order chi connectivity index (χ0) is 12.0. The minimum absolute atomic E-state index is 0.00340. The molecule has 1 aliphatic heterocycles. The molecule has 94 valence electrons. The van der Waals surface area contributed by atoms with Gasteiger partial charge < -0.3 is 19.9 Å². The van der Waals surface area contributed by atoms with E-state index < -0.39 is 5.60 Å². The molecule has 1 heterocycles. The highest BCUT2D eigenvalue weighted by molar-refractivity contribution is 5.69. The van der Waals surface area contributed by atoms with Crippen LogP contribution in [0.2, 0.25) is 0 Å². The zero-order valence-electron chi connectivity index (χ0n) is 9.99. The molecule has 2 unspecified atom stereocenters. The number of ether oxygens (including phenoxy) is 2. The maximum Gasteiger partial charge on any atom is 0.307 e. The average Bonchev–Trinajstić information content (AvgIpc) is 2.63. The first-order valence-corrected chi connectivity index (χ1v) is 5.75. The molecule has 16 heavy (non-hydrogen) atoms. The maximum atomic E-state index is 11.2. The van der Waals surface area contributed by atoms with Crippen molar-refractivity contribution in [1.29, 1.82) is 0 Å². The lowest BCUT2D eigenvalue weighted by Gasteiger charge is -2.23. The Balaban J connectivity index is 2.19. The third kappa shape index (κ3) is 4.47. The summed E-state index contributed by atoms with van der Waals surface area (Å²) in [5.41, 5.74) is -0.775. The first-order chi connectivity index (χ1) is 7.56. The Morgan fingerprint density at radius 1 is 1.69 bits per heavy atom. The fraction of sp³-hybridized carbons (Fsp3) is 0.909. The molecule has 1 saturated heterocycles. The maximum absolute atomic E-state index is 11.2. The molecule has 1 fully saturated rings. The second kappa shape index (κ2) is 6.18. The smallest absolute Gasteiger partial charge is 0.307 e. The van der Waals surface area contributed by atoms with E-state index in [0.29, 0.717) is 39.2 Å². The zero-order valence-corrected chi connectivity index (χ0v) is 9.99. The summed E-state index contributed by atoms with van der Waals surface area (Å²) in [4.78, 5) is 11.2. The third-order valence-electron chi connectivity index (χ3n) is 2.64. The minimum atomic E-state index is -0.775. The number of carbonyl (C=O) groups is 1. The molecule has 0 aromatic heterocycles. The third-order valence-corrected chi connectivity index (χ3v) is 2.64. The molecule has 0 radical (unpaired) electrons. The average molecular weight is 231 g/mol. The van der Waals surface area contributed by atoms with Crippen molar-refractivity contribution in [3.05, 3.63) is 0 Å². The Morgan fingerprint density at radius 3 is 3.00 bits per heavy atom. The summed E-state index contributed by atoms with van der Waals surface area (Å²) in [6, 6.07) is 0.00340. The van der Waals surface area contributed by atoms with Gasteiger partial charge in [-0.15, -0.1) is 0 Å². The van der Waals surface area contributed by atoms with E-state index in [0.717, 1.165) is 0 Å². The van der Waals surface area contributed by atoms with Gasteiger partial charge in [0, 0.05) is 25.6 Å². The normalized spacial score (nSPS) is 26.7. The van der Waals surface area contributed by atoms with E-state index in [4.69, 9.17) is 9.47 Å². The molecule has 5 nitrogen and oxygen atoms in total. The van der Waals surface area contributed by atoms with Gasteiger partial charge in [-0.25, -0.2) is 0 Å².